The van der Waals surface area contributed by atoms with Crippen LogP contribution >= 0.6 is 23.2 Å². The van der Waals surface area contributed by atoms with Crippen molar-refractivity contribution >= 4 is 103 Å². The van der Waals surface area contributed by atoms with E-state index in [0.717, 1.165) is 6.07 Å². The highest BCUT2D eigenvalue weighted by atomic mass is 35.5. The number of nitrogens with zero attached hydrogens (tertiary/aromatic N) is 2. The van der Waals surface area contributed by atoms with Gasteiger partial charge in [0, 0.05) is 5.69 Å². The first-order valence-electron chi connectivity index (χ1n) is 13.8. The molecule has 3 aliphatic rings. The van der Waals surface area contributed by atoms with Crippen LogP contribution in [0.15, 0.2) is 54.4 Å². The van der Waals surface area contributed by atoms with E-state index < -0.39 is 110 Å². The number of fused-ring (bicyclic) bond motifs is 4. The molecule has 3 aromatic rings. The van der Waals surface area contributed by atoms with Crippen LogP contribution in [-0.2, 0) is 40.5 Å². The van der Waals surface area contributed by atoms with Gasteiger partial charge in [0.05, 0.1) is 17.1 Å². The minimum absolute atomic E-state index is 0.0656. The lowest BCUT2D eigenvalue weighted by molar-refractivity contribution is 0.449. The first-order chi connectivity index (χ1) is 23.9. The molecule has 0 saturated heterocycles. The zero-order valence-corrected chi connectivity index (χ0v) is 30.6. The van der Waals surface area contributed by atoms with Gasteiger partial charge in [0.25, 0.3) is 30.4 Å². The molecule has 276 valence electrons. The number of hydrogen-bond acceptors (Lipinski definition) is 15. The SMILES string of the molecule is Cc1cc(C)c(NCS(=O)(=O)O)cc1N=c1c(S(=O)(=O)O)cc2nc3c(Cl)c4c(c(Cl)c3oc-2c1S(=O)(=O)O)Nc1ccc(N)c(S(=O)(=O)O)c1O4. The van der Waals surface area contributed by atoms with E-state index >= 15 is 0 Å². The summed E-state index contributed by atoms with van der Waals surface area (Å²) in [6.07, 6.45) is 0. The van der Waals surface area contributed by atoms with Gasteiger partial charge in [0.1, 0.15) is 43.1 Å². The van der Waals surface area contributed by atoms with Gasteiger partial charge in [0.15, 0.2) is 32.6 Å². The van der Waals surface area contributed by atoms with Crippen molar-refractivity contribution in [3.05, 3.63) is 56.9 Å². The highest BCUT2D eigenvalue weighted by Gasteiger charge is 2.36. The first kappa shape index (κ1) is 37.5. The Morgan fingerprint density at radius 1 is 0.865 bits per heavy atom. The number of nitrogens with one attached hydrogen (secondary N) is 2. The summed E-state index contributed by atoms with van der Waals surface area (Å²) in [5.74, 6) is -2.63. The van der Waals surface area contributed by atoms with E-state index in [1.54, 1.807) is 6.92 Å². The van der Waals surface area contributed by atoms with Crippen molar-refractivity contribution in [1.82, 2.24) is 4.98 Å². The normalized spacial score (nSPS) is 13.8. The third kappa shape index (κ3) is 6.70. The number of halogens is 2. The van der Waals surface area contributed by atoms with Crippen molar-refractivity contribution in [1.29, 1.82) is 0 Å². The largest absolute Gasteiger partial charge is 0.450 e. The Morgan fingerprint density at radius 3 is 2.12 bits per heavy atom. The summed E-state index contributed by atoms with van der Waals surface area (Å²) < 4.78 is 150. The monoisotopic (exact) mass is 837 g/mol. The van der Waals surface area contributed by atoms with E-state index in [1.807, 2.05) is 0 Å². The Bertz CT molecular complexity index is 2920. The molecule has 0 spiro atoms. The fourth-order valence-corrected chi connectivity index (χ4v) is 8.41. The average Bonchev–Trinajstić information content (AvgIpc) is 3.00. The molecule has 2 heterocycles. The summed E-state index contributed by atoms with van der Waals surface area (Å²) in [5, 5.41) is 3.30. The average molecular weight is 839 g/mol. The number of nitrogen functional groups attached to an aromatic ring is 1. The van der Waals surface area contributed by atoms with Crippen LogP contribution in [-0.4, -0.2) is 62.7 Å². The van der Waals surface area contributed by atoms with Crippen LogP contribution in [0.3, 0.4) is 0 Å². The summed E-state index contributed by atoms with van der Waals surface area (Å²) in [6, 6.07) is 5.71. The standard InChI is InChI=1S/C27H21Cl2N5O14S4/c1-9-5-10(2)14(6-13(9)31-8-49(35,36)37)33-19-16(50(38,39)40)7-15-23(27(19)52(44,45)46)48-25-17(28)20-24(18(29)21(25)34-15)47-22-12(32-20)4-3-11(30)26(22)51(41,42)43/h3-7,31-32H,8,30H2,1-2H3,(H,35,36,37)(H,38,39,40)(H,41,42,43)(H,44,45,46). The number of ether oxygens (including phenoxy) is 1. The third-order valence-corrected chi connectivity index (χ3v) is 11.4. The minimum Gasteiger partial charge on any atom is -0.450 e. The van der Waals surface area contributed by atoms with E-state index in [4.69, 9.17) is 42.6 Å². The zero-order chi connectivity index (χ0) is 38.5. The van der Waals surface area contributed by atoms with Gasteiger partial charge in [-0.05, 0) is 49.2 Å². The Morgan fingerprint density at radius 2 is 1.52 bits per heavy atom. The van der Waals surface area contributed by atoms with Gasteiger partial charge in [0.2, 0.25) is 0 Å². The Balaban J connectivity index is 1.69. The predicted octanol–water partition coefficient (Wildman–Crippen LogP) is 4.52. The summed E-state index contributed by atoms with van der Waals surface area (Å²) in [5.41, 5.74) is 4.18. The number of hydrogen-bond donors (Lipinski definition) is 7. The summed E-state index contributed by atoms with van der Waals surface area (Å²) >= 11 is 13.2. The Kier molecular flexibility index (Phi) is 8.93. The molecule has 6 rings (SSSR count). The van der Waals surface area contributed by atoms with Crippen LogP contribution < -0.4 is 26.5 Å². The number of nitrogens with two attached hydrogens (primary N) is 1. The van der Waals surface area contributed by atoms with Crippen molar-refractivity contribution in [2.75, 3.05) is 22.2 Å². The molecule has 0 saturated carbocycles. The molecule has 19 nitrogen and oxygen atoms in total. The second-order valence-electron chi connectivity index (χ2n) is 11.1. The lowest BCUT2D eigenvalue weighted by Gasteiger charge is -2.26. The van der Waals surface area contributed by atoms with Gasteiger partial charge in [-0.15, -0.1) is 0 Å². The Labute approximate surface area is 303 Å². The molecule has 3 aromatic carbocycles. The highest BCUT2D eigenvalue weighted by Crippen LogP contribution is 2.55. The van der Waals surface area contributed by atoms with E-state index in [-0.39, 0.29) is 34.1 Å². The molecule has 25 heteroatoms. The van der Waals surface area contributed by atoms with Crippen LogP contribution in [0, 0.1) is 13.8 Å². The van der Waals surface area contributed by atoms with E-state index in [9.17, 15) is 47.3 Å². The van der Waals surface area contributed by atoms with Gasteiger partial charge in [-0.25, -0.2) is 9.98 Å². The molecule has 0 atom stereocenters. The number of aromatic nitrogens is 1. The number of rotatable bonds is 7. The van der Waals surface area contributed by atoms with Crippen LogP contribution in [0.1, 0.15) is 11.1 Å². The molecule has 1 aliphatic carbocycles. The first-order valence-corrected chi connectivity index (χ1v) is 20.5. The predicted molar refractivity (Wildman–Crippen MR) is 185 cm³/mol. The second-order valence-corrected chi connectivity index (χ2v) is 17.4. The molecular formula is C27H21Cl2N5O14S4. The maximum absolute atomic E-state index is 13.0. The molecule has 0 amide bonds. The maximum Gasteiger partial charge on any atom is 0.300 e. The van der Waals surface area contributed by atoms with Gasteiger partial charge in [-0.2, -0.15) is 33.7 Å². The van der Waals surface area contributed by atoms with E-state index in [2.05, 4.69) is 20.6 Å². The van der Waals surface area contributed by atoms with E-state index in [0.29, 0.717) is 11.6 Å². The highest BCUT2D eigenvalue weighted by molar-refractivity contribution is 7.87. The fourth-order valence-electron chi connectivity index (χ4n) is 5.30. The lowest BCUT2D eigenvalue weighted by Crippen LogP contribution is -2.24. The minimum atomic E-state index is -5.54. The molecule has 8 N–H and O–H groups in total. The molecule has 2 aliphatic heterocycles. The topological polar surface area (TPSA) is 315 Å². The number of aryl methyl sites for hydroxylation is 2. The van der Waals surface area contributed by atoms with Crippen molar-refractivity contribution in [2.24, 2.45) is 4.99 Å². The van der Waals surface area contributed by atoms with Gasteiger partial charge < -0.3 is 25.5 Å². The number of anilines is 4. The smallest absolute Gasteiger partial charge is 0.300 e. The van der Waals surface area contributed by atoms with Crippen LogP contribution in [0.25, 0.3) is 22.6 Å². The molecule has 0 radical (unpaired) electrons. The van der Waals surface area contributed by atoms with Crippen molar-refractivity contribution in [2.45, 2.75) is 28.5 Å². The fraction of sp³-hybridized carbons (Fsp3) is 0.111. The van der Waals surface area contributed by atoms with Crippen molar-refractivity contribution in [3.8, 4) is 23.0 Å². The van der Waals surface area contributed by atoms with Gasteiger partial charge >= 0.3 is 10.1 Å². The summed E-state index contributed by atoms with van der Waals surface area (Å²) in [6.45, 7) is 3.03. The third-order valence-electron chi connectivity index (χ3n) is 7.48. The van der Waals surface area contributed by atoms with Crippen LogP contribution in [0.4, 0.5) is 28.4 Å². The molecule has 0 aromatic heterocycles. The van der Waals surface area contributed by atoms with Gasteiger partial charge in [-0.3, -0.25) is 18.2 Å². The zero-order valence-electron chi connectivity index (χ0n) is 25.8. The number of benzene rings is 4. The second kappa shape index (κ2) is 12.4. The lowest BCUT2D eigenvalue weighted by atomic mass is 10.1. The quantitative estimate of drug-likeness (QED) is 0.0660. The molecule has 52 heavy (non-hydrogen) atoms. The van der Waals surface area contributed by atoms with Crippen molar-refractivity contribution < 1.29 is 61.0 Å². The maximum atomic E-state index is 13.0. The molecule has 0 bridgehead atoms. The van der Waals surface area contributed by atoms with E-state index in [1.165, 1.54) is 25.1 Å². The Hall–Kier alpha value is -4.30. The summed E-state index contributed by atoms with van der Waals surface area (Å²) in [4.78, 5) is 5.01. The summed E-state index contributed by atoms with van der Waals surface area (Å²) in [7, 11) is -20.4. The molecule has 0 unspecified atom stereocenters. The molecular weight excluding hydrogens is 817 g/mol. The van der Waals surface area contributed by atoms with Gasteiger partial charge in [-0.1, -0.05) is 29.3 Å². The van der Waals surface area contributed by atoms with Crippen LogP contribution in [0.5, 0.6) is 11.5 Å². The van der Waals surface area contributed by atoms with Crippen LogP contribution in [0.2, 0.25) is 10.0 Å². The molecule has 0 fully saturated rings. The van der Waals surface area contributed by atoms with Crippen molar-refractivity contribution in [3.63, 3.8) is 0 Å².